The molecule has 11 heteroatoms. The molecule has 1 aromatic heterocycles. The highest BCUT2D eigenvalue weighted by atomic mass is 16.5. The molecule has 0 atom stereocenters. The molecular formula is C31H42N6O5. The Balaban J connectivity index is 1.11. The van der Waals surface area contributed by atoms with Crippen molar-refractivity contribution in [2.24, 2.45) is 16.9 Å². The van der Waals surface area contributed by atoms with E-state index in [2.05, 4.69) is 27.1 Å². The van der Waals surface area contributed by atoms with Gasteiger partial charge in [0.25, 0.3) is 11.8 Å². The number of hydrogen-bond donors (Lipinski definition) is 4. The molecule has 226 valence electrons. The van der Waals surface area contributed by atoms with Gasteiger partial charge >= 0.3 is 0 Å². The Morgan fingerprint density at radius 1 is 1.14 bits per heavy atom. The van der Waals surface area contributed by atoms with E-state index in [1.54, 1.807) is 32.0 Å². The maximum atomic E-state index is 13.0. The smallest absolute Gasteiger partial charge is 0.255 e. The van der Waals surface area contributed by atoms with Crippen molar-refractivity contribution in [2.75, 3.05) is 44.7 Å². The van der Waals surface area contributed by atoms with Crippen molar-refractivity contribution in [1.82, 2.24) is 15.2 Å². The number of ether oxygens (including phenoxy) is 2. The number of anilines is 1. The van der Waals surface area contributed by atoms with Gasteiger partial charge in [-0.3, -0.25) is 14.6 Å². The number of rotatable bonds is 10. The molecule has 1 spiro atoms. The van der Waals surface area contributed by atoms with Gasteiger partial charge in [0.2, 0.25) is 0 Å². The number of nitrogens with two attached hydrogens (primary N) is 2. The summed E-state index contributed by atoms with van der Waals surface area (Å²) in [7, 11) is 2.12. The van der Waals surface area contributed by atoms with Crippen molar-refractivity contribution in [1.29, 1.82) is 0 Å². The maximum absolute atomic E-state index is 13.0. The molecule has 6 N–H and O–H groups in total. The van der Waals surface area contributed by atoms with Gasteiger partial charge in [-0.1, -0.05) is 0 Å². The van der Waals surface area contributed by atoms with Crippen molar-refractivity contribution in [3.63, 3.8) is 0 Å². The molecule has 3 aliphatic rings. The first kappa shape index (κ1) is 29.7. The first-order chi connectivity index (χ1) is 19.9. The van der Waals surface area contributed by atoms with Crippen LogP contribution in [0.2, 0.25) is 0 Å². The number of carbonyl (C=O) groups excluding carboxylic acids is 2. The lowest BCUT2D eigenvalue weighted by Crippen LogP contribution is -2.58. The third-order valence-corrected chi connectivity index (χ3v) is 8.42. The molecule has 2 saturated carbocycles. The van der Waals surface area contributed by atoms with Gasteiger partial charge in [0, 0.05) is 50.2 Å². The highest BCUT2D eigenvalue weighted by Crippen LogP contribution is 2.57. The van der Waals surface area contributed by atoms with Crippen molar-refractivity contribution in [3.05, 3.63) is 54.0 Å². The Morgan fingerprint density at radius 2 is 1.86 bits per heavy atom. The minimum atomic E-state index is -0.963. The van der Waals surface area contributed by atoms with E-state index in [4.69, 9.17) is 20.9 Å². The van der Waals surface area contributed by atoms with E-state index in [1.807, 2.05) is 12.1 Å². The molecule has 0 unspecified atom stereocenters. The van der Waals surface area contributed by atoms with E-state index in [0.29, 0.717) is 28.3 Å². The van der Waals surface area contributed by atoms with Gasteiger partial charge in [-0.2, -0.15) is 0 Å². The average molecular weight is 579 g/mol. The molecule has 0 radical (unpaired) electrons. The summed E-state index contributed by atoms with van der Waals surface area (Å²) in [5.74, 6) is 0.276. The van der Waals surface area contributed by atoms with Crippen molar-refractivity contribution >= 4 is 23.1 Å². The van der Waals surface area contributed by atoms with Gasteiger partial charge in [0.1, 0.15) is 18.1 Å². The number of primary amides is 1. The number of hydrogen-bond acceptors (Lipinski definition) is 9. The molecule has 1 saturated heterocycles. The Labute approximate surface area is 246 Å². The minimum Gasteiger partial charge on any atom is -0.489 e. The molecule has 2 heterocycles. The van der Waals surface area contributed by atoms with Crippen LogP contribution >= 0.6 is 0 Å². The summed E-state index contributed by atoms with van der Waals surface area (Å²) >= 11 is 0. The molecule has 2 amide bonds. The number of piperazine rings is 1. The molecule has 5 rings (SSSR count). The standard InChI is InChI=1S/C31H42N6O5/c1-30(2,40)19-41-22-5-7-26(34-18-22)25(17-32)29(39)35-20-13-31(14-20)15-23(16-31)42-27-12-21(4-6-24(27)28(33)38)37-10-8-36(3)9-11-37/h4-7,12,17-18,20,23,40H,8-11,13-16,19,32H2,1-3H3,(H2,33,38)(H,35,39). The fourth-order valence-electron chi connectivity index (χ4n) is 6.09. The molecule has 3 fully saturated rings. The summed E-state index contributed by atoms with van der Waals surface area (Å²) in [4.78, 5) is 34.0. The van der Waals surface area contributed by atoms with E-state index in [-0.39, 0.29) is 30.1 Å². The summed E-state index contributed by atoms with van der Waals surface area (Å²) in [6.07, 6.45) is 6.23. The van der Waals surface area contributed by atoms with Gasteiger partial charge in [-0.15, -0.1) is 0 Å². The minimum absolute atomic E-state index is 0.00308. The number of amides is 2. The molecule has 2 aliphatic carbocycles. The van der Waals surface area contributed by atoms with Crippen LogP contribution in [0.5, 0.6) is 11.5 Å². The summed E-state index contributed by atoms with van der Waals surface area (Å²) in [5, 5.41) is 12.9. The van der Waals surface area contributed by atoms with Crippen LogP contribution in [0.25, 0.3) is 5.57 Å². The second kappa shape index (κ2) is 11.8. The number of likely N-dealkylation sites (N-methyl/N-ethyl adjacent to an activating group) is 1. The average Bonchev–Trinajstić information content (AvgIpc) is 2.90. The Kier molecular flexibility index (Phi) is 8.34. The Morgan fingerprint density at radius 3 is 2.45 bits per heavy atom. The van der Waals surface area contributed by atoms with Crippen LogP contribution in [-0.2, 0) is 4.79 Å². The summed E-state index contributed by atoms with van der Waals surface area (Å²) in [5.41, 5.74) is 12.8. The summed E-state index contributed by atoms with van der Waals surface area (Å²) in [6, 6.07) is 9.07. The van der Waals surface area contributed by atoms with Gasteiger partial charge in [0.05, 0.1) is 34.7 Å². The quantitative estimate of drug-likeness (QED) is 0.309. The number of nitrogens with one attached hydrogen (secondary N) is 1. The van der Waals surface area contributed by atoms with Crippen LogP contribution in [0.15, 0.2) is 42.7 Å². The van der Waals surface area contributed by atoms with Gasteiger partial charge in [-0.05, 0) is 76.3 Å². The predicted octanol–water partition coefficient (Wildman–Crippen LogP) is 1.89. The van der Waals surface area contributed by atoms with Crippen LogP contribution in [0, 0.1) is 5.41 Å². The van der Waals surface area contributed by atoms with Gasteiger partial charge in [-0.25, -0.2) is 0 Å². The molecule has 1 aliphatic heterocycles. The lowest BCUT2D eigenvalue weighted by Gasteiger charge is -2.57. The maximum Gasteiger partial charge on any atom is 0.255 e. The van der Waals surface area contributed by atoms with Crippen molar-refractivity contribution < 1.29 is 24.2 Å². The van der Waals surface area contributed by atoms with Gasteiger partial charge in [0.15, 0.2) is 0 Å². The topological polar surface area (TPSA) is 156 Å². The summed E-state index contributed by atoms with van der Waals surface area (Å²) in [6.45, 7) is 7.25. The first-order valence-electron chi connectivity index (χ1n) is 14.5. The molecule has 1 aromatic carbocycles. The first-order valence-corrected chi connectivity index (χ1v) is 14.5. The third kappa shape index (κ3) is 6.79. The predicted molar refractivity (Wildman–Crippen MR) is 160 cm³/mol. The Bertz CT molecular complexity index is 1320. The van der Waals surface area contributed by atoms with Crippen molar-refractivity contribution in [2.45, 2.75) is 57.3 Å². The lowest BCUT2D eigenvalue weighted by molar-refractivity contribution is -0.122. The highest BCUT2D eigenvalue weighted by molar-refractivity contribution is 6.18. The molecule has 0 bridgehead atoms. The Hall–Kier alpha value is -3.83. The number of benzene rings is 1. The fraction of sp³-hybridized carbons (Fsp3) is 0.516. The normalized spacial score (nSPS) is 24.5. The molecular weight excluding hydrogens is 536 g/mol. The monoisotopic (exact) mass is 578 g/mol. The molecule has 11 nitrogen and oxygen atoms in total. The number of pyridine rings is 1. The lowest BCUT2D eigenvalue weighted by atomic mass is 9.53. The highest BCUT2D eigenvalue weighted by Gasteiger charge is 2.54. The third-order valence-electron chi connectivity index (χ3n) is 8.42. The number of nitrogens with zero attached hydrogens (tertiary/aromatic N) is 3. The van der Waals surface area contributed by atoms with Crippen LogP contribution < -0.4 is 31.2 Å². The number of aliphatic hydroxyl groups is 1. The largest absolute Gasteiger partial charge is 0.489 e. The van der Waals surface area contributed by atoms with Crippen LogP contribution in [0.1, 0.15) is 55.6 Å². The van der Waals surface area contributed by atoms with E-state index in [0.717, 1.165) is 57.5 Å². The second-order valence-electron chi connectivity index (χ2n) is 12.6. The zero-order valence-electron chi connectivity index (χ0n) is 24.6. The summed E-state index contributed by atoms with van der Waals surface area (Å²) < 4.78 is 11.9. The van der Waals surface area contributed by atoms with Gasteiger partial charge < -0.3 is 41.2 Å². The fourth-order valence-corrected chi connectivity index (χ4v) is 6.09. The van der Waals surface area contributed by atoms with E-state index < -0.39 is 11.5 Å². The number of carbonyl (C=O) groups is 2. The zero-order valence-corrected chi connectivity index (χ0v) is 24.6. The van der Waals surface area contributed by atoms with E-state index in [9.17, 15) is 14.7 Å². The van der Waals surface area contributed by atoms with E-state index in [1.165, 1.54) is 12.4 Å². The van der Waals surface area contributed by atoms with E-state index >= 15 is 0 Å². The van der Waals surface area contributed by atoms with Crippen molar-refractivity contribution in [3.8, 4) is 11.5 Å². The molecule has 2 aromatic rings. The van der Waals surface area contributed by atoms with Crippen LogP contribution in [0.4, 0.5) is 5.69 Å². The second-order valence-corrected chi connectivity index (χ2v) is 12.6. The number of aromatic nitrogens is 1. The zero-order chi connectivity index (χ0) is 30.1. The molecule has 42 heavy (non-hydrogen) atoms. The van der Waals surface area contributed by atoms with Crippen LogP contribution in [-0.4, -0.2) is 84.4 Å². The van der Waals surface area contributed by atoms with Crippen LogP contribution in [0.3, 0.4) is 0 Å². The SMILES string of the molecule is CN1CCN(c2ccc(C(N)=O)c(OC3CC4(CC(NC(=O)C(=CN)c5ccc(OCC(C)(C)O)cn5)C4)C3)c2)CC1.